The van der Waals surface area contributed by atoms with Crippen LogP contribution in [0.4, 0.5) is 17.1 Å². The molecule has 11 nitrogen and oxygen atoms in total. The van der Waals surface area contributed by atoms with Crippen molar-refractivity contribution in [3.05, 3.63) is 38.4 Å². The Morgan fingerprint density at radius 3 is 2.40 bits per heavy atom. The van der Waals surface area contributed by atoms with Crippen molar-refractivity contribution in [3.8, 4) is 0 Å². The van der Waals surface area contributed by atoms with E-state index in [0.29, 0.717) is 37.1 Å². The number of aliphatic carboxylic acids is 1. The topological polar surface area (TPSA) is 156 Å². The van der Waals surface area contributed by atoms with Crippen molar-refractivity contribution in [2.75, 3.05) is 11.9 Å². The molecule has 2 fully saturated rings. The van der Waals surface area contributed by atoms with E-state index in [1.165, 1.54) is 0 Å². The van der Waals surface area contributed by atoms with Gasteiger partial charge in [0.15, 0.2) is 0 Å². The van der Waals surface area contributed by atoms with E-state index < -0.39 is 33.2 Å². The Kier molecular flexibility index (Phi) is 6.60. The van der Waals surface area contributed by atoms with E-state index in [1.807, 2.05) is 0 Å². The Hall–Kier alpha value is -3.08. The number of piperidine rings is 1. The molecule has 0 aromatic heterocycles. The Morgan fingerprint density at radius 2 is 1.83 bits per heavy atom. The minimum Gasteiger partial charge on any atom is -0.480 e. The van der Waals surface area contributed by atoms with Crippen LogP contribution in [0.5, 0.6) is 0 Å². The summed E-state index contributed by atoms with van der Waals surface area (Å²) in [7, 11) is 0. The van der Waals surface area contributed by atoms with Crippen LogP contribution in [0.3, 0.4) is 0 Å². The minimum absolute atomic E-state index is 0.0643. The van der Waals surface area contributed by atoms with E-state index in [4.69, 9.17) is 0 Å². The first-order valence-corrected chi connectivity index (χ1v) is 9.96. The third-order valence-corrected chi connectivity index (χ3v) is 5.87. The van der Waals surface area contributed by atoms with E-state index in [-0.39, 0.29) is 12.1 Å². The van der Waals surface area contributed by atoms with Crippen molar-refractivity contribution < 1.29 is 24.5 Å². The van der Waals surface area contributed by atoms with Gasteiger partial charge in [0.05, 0.1) is 15.9 Å². The van der Waals surface area contributed by atoms with Gasteiger partial charge in [-0.1, -0.05) is 0 Å². The van der Waals surface area contributed by atoms with Gasteiger partial charge in [-0.2, -0.15) is 0 Å². The third-order valence-electron chi connectivity index (χ3n) is 5.87. The van der Waals surface area contributed by atoms with Gasteiger partial charge >= 0.3 is 5.97 Å². The van der Waals surface area contributed by atoms with Crippen molar-refractivity contribution in [3.63, 3.8) is 0 Å². The van der Waals surface area contributed by atoms with Crippen LogP contribution in [0.2, 0.25) is 0 Å². The molecular weight excluding hydrogens is 396 g/mol. The Bertz CT molecular complexity index is 843. The van der Waals surface area contributed by atoms with Gasteiger partial charge in [0.2, 0.25) is 0 Å². The van der Waals surface area contributed by atoms with Crippen molar-refractivity contribution in [2.24, 2.45) is 0 Å². The molecule has 3 rings (SSSR count). The number of benzene rings is 1. The van der Waals surface area contributed by atoms with Crippen LogP contribution in [-0.4, -0.2) is 56.3 Å². The number of ketones is 1. The molecule has 1 aromatic rings. The number of carbonyl (C=O) groups excluding carboxylic acids is 1. The number of nitrogens with one attached hydrogen (secondary N) is 1. The van der Waals surface area contributed by atoms with Crippen LogP contribution in [0, 0.1) is 20.2 Å². The zero-order valence-electron chi connectivity index (χ0n) is 16.4. The molecule has 2 saturated heterocycles. The van der Waals surface area contributed by atoms with Crippen LogP contribution in [0.15, 0.2) is 18.2 Å². The number of nitro benzene ring substituents is 2. The molecule has 2 bridgehead atoms. The van der Waals surface area contributed by atoms with E-state index in [0.717, 1.165) is 44.0 Å². The lowest BCUT2D eigenvalue weighted by Crippen LogP contribution is -2.43. The Morgan fingerprint density at radius 1 is 1.17 bits per heavy atom. The lowest BCUT2D eigenvalue weighted by atomic mass is 10.0. The summed E-state index contributed by atoms with van der Waals surface area (Å²) in [5.41, 5.74) is -1.04. The lowest BCUT2D eigenvalue weighted by Gasteiger charge is -2.34. The number of Topliss-reactive ketones (excluding diaryl/α,β-unsaturated/α-hetero) is 1. The standard InChI is InChI=1S/C19H24N4O7/c24-15-9-12-4-5-13(10-15)21(12)8-2-1-3-17(19(25)26)20-16-7-6-14(22(27)28)11-18(16)23(29)30/h6-7,11-13,17,20H,1-5,8-10H2,(H,25,26)/t12-,13+,17?. The van der Waals surface area contributed by atoms with Gasteiger partial charge in [-0.15, -0.1) is 0 Å². The molecule has 2 aliphatic rings. The zero-order valence-corrected chi connectivity index (χ0v) is 16.4. The largest absolute Gasteiger partial charge is 0.480 e. The Balaban J connectivity index is 1.57. The number of hydrogen-bond donors (Lipinski definition) is 2. The number of unbranched alkanes of at least 4 members (excludes halogenated alkanes) is 1. The van der Waals surface area contributed by atoms with Crippen LogP contribution in [0.25, 0.3) is 0 Å². The van der Waals surface area contributed by atoms with Gasteiger partial charge in [0, 0.05) is 31.0 Å². The average Bonchev–Trinajstić information content (AvgIpc) is 2.92. The molecule has 0 amide bonds. The summed E-state index contributed by atoms with van der Waals surface area (Å²) < 4.78 is 0. The smallest absolute Gasteiger partial charge is 0.326 e. The summed E-state index contributed by atoms with van der Waals surface area (Å²) in [5, 5.41) is 34.2. The summed E-state index contributed by atoms with van der Waals surface area (Å²) in [4.78, 5) is 46.2. The maximum absolute atomic E-state index is 11.7. The maximum atomic E-state index is 11.7. The van der Waals surface area contributed by atoms with E-state index >= 15 is 0 Å². The van der Waals surface area contributed by atoms with Gasteiger partial charge in [0.25, 0.3) is 11.4 Å². The molecule has 162 valence electrons. The molecule has 2 aliphatic heterocycles. The summed E-state index contributed by atoms with van der Waals surface area (Å²) in [6.07, 6.45) is 4.85. The first-order valence-electron chi connectivity index (χ1n) is 9.96. The number of carbonyl (C=O) groups is 2. The van der Waals surface area contributed by atoms with Crippen molar-refractivity contribution in [2.45, 2.75) is 63.1 Å². The number of anilines is 1. The van der Waals surface area contributed by atoms with Gasteiger partial charge in [0.1, 0.15) is 17.5 Å². The van der Waals surface area contributed by atoms with Crippen LogP contribution < -0.4 is 5.32 Å². The van der Waals surface area contributed by atoms with E-state index in [9.17, 15) is 34.9 Å². The SMILES string of the molecule is O=C1C[C@H]2CC[C@@H](C1)N2CCCCC(Nc1ccc([N+](=O)[O-])cc1[N+](=O)[O-])C(=O)O. The molecule has 0 aliphatic carbocycles. The van der Waals surface area contributed by atoms with Crippen molar-refractivity contribution in [1.82, 2.24) is 4.90 Å². The number of rotatable bonds is 10. The number of nitro groups is 2. The van der Waals surface area contributed by atoms with Crippen molar-refractivity contribution >= 4 is 28.8 Å². The first kappa shape index (κ1) is 21.6. The second-order valence-corrected chi connectivity index (χ2v) is 7.82. The van der Waals surface area contributed by atoms with E-state index in [2.05, 4.69) is 10.2 Å². The predicted molar refractivity (Wildman–Crippen MR) is 106 cm³/mol. The average molecular weight is 420 g/mol. The minimum atomic E-state index is -1.15. The highest BCUT2D eigenvalue weighted by Crippen LogP contribution is 2.34. The number of carboxylic acids is 1. The summed E-state index contributed by atoms with van der Waals surface area (Å²) in [5.74, 6) is -0.829. The normalized spacial score (nSPS) is 21.9. The molecule has 0 saturated carbocycles. The molecule has 11 heteroatoms. The quantitative estimate of drug-likeness (QED) is 0.330. The monoisotopic (exact) mass is 420 g/mol. The van der Waals surface area contributed by atoms with Gasteiger partial charge < -0.3 is 10.4 Å². The molecule has 2 heterocycles. The fourth-order valence-corrected chi connectivity index (χ4v) is 4.42. The molecule has 1 unspecified atom stereocenters. The molecule has 1 aromatic carbocycles. The zero-order chi connectivity index (χ0) is 21.8. The number of nitrogens with zero attached hydrogens (tertiary/aromatic N) is 3. The van der Waals surface area contributed by atoms with Crippen molar-refractivity contribution in [1.29, 1.82) is 0 Å². The highest BCUT2D eigenvalue weighted by molar-refractivity contribution is 5.81. The summed E-state index contributed by atoms with van der Waals surface area (Å²) >= 11 is 0. The second-order valence-electron chi connectivity index (χ2n) is 7.82. The predicted octanol–water partition coefficient (Wildman–Crippen LogP) is 2.73. The highest BCUT2D eigenvalue weighted by atomic mass is 16.6. The molecule has 0 radical (unpaired) electrons. The van der Waals surface area contributed by atoms with Crippen LogP contribution in [-0.2, 0) is 9.59 Å². The molecule has 0 spiro atoms. The molecule has 30 heavy (non-hydrogen) atoms. The summed E-state index contributed by atoms with van der Waals surface area (Å²) in [6.45, 7) is 0.798. The van der Waals surface area contributed by atoms with Gasteiger partial charge in [-0.25, -0.2) is 4.79 Å². The fraction of sp³-hybridized carbons (Fsp3) is 0.579. The van der Waals surface area contributed by atoms with Gasteiger partial charge in [-0.05, 0) is 44.7 Å². The number of fused-ring (bicyclic) bond motifs is 2. The van der Waals surface area contributed by atoms with Crippen LogP contribution in [0.1, 0.15) is 44.9 Å². The maximum Gasteiger partial charge on any atom is 0.326 e. The molecule has 3 atom stereocenters. The van der Waals surface area contributed by atoms with Gasteiger partial charge in [-0.3, -0.25) is 29.9 Å². The highest BCUT2D eigenvalue weighted by Gasteiger charge is 2.39. The summed E-state index contributed by atoms with van der Waals surface area (Å²) in [6, 6.07) is 2.62. The first-order chi connectivity index (χ1) is 14.3. The lowest BCUT2D eigenvalue weighted by molar-refractivity contribution is -0.393. The second kappa shape index (κ2) is 9.16. The third kappa shape index (κ3) is 4.90. The fourth-order valence-electron chi connectivity index (χ4n) is 4.42. The molecule has 2 N–H and O–H groups in total. The van der Waals surface area contributed by atoms with Crippen LogP contribution >= 0.6 is 0 Å². The Labute approximate surface area is 172 Å². The van der Waals surface area contributed by atoms with E-state index in [1.54, 1.807) is 0 Å². The number of hydrogen-bond acceptors (Lipinski definition) is 8. The number of carboxylic acid groups (broad SMARTS) is 1. The number of non-ortho nitro benzene ring substituents is 1. The molecular formula is C19H24N4O7.